The summed E-state index contributed by atoms with van der Waals surface area (Å²) in [4.78, 5) is 12.3. The summed E-state index contributed by atoms with van der Waals surface area (Å²) in [5, 5.41) is 2.78. The van der Waals surface area contributed by atoms with Crippen molar-refractivity contribution in [3.05, 3.63) is 59.7 Å². The molecule has 0 heterocycles. The van der Waals surface area contributed by atoms with Crippen molar-refractivity contribution in [1.82, 2.24) is 5.32 Å². The van der Waals surface area contributed by atoms with E-state index in [1.165, 1.54) is 12.1 Å². The summed E-state index contributed by atoms with van der Waals surface area (Å²) < 4.78 is 38.0. The van der Waals surface area contributed by atoms with Gasteiger partial charge in [0.1, 0.15) is 0 Å². The first-order chi connectivity index (χ1) is 11.3. The first-order valence-electron chi connectivity index (χ1n) is 7.59. The molecular formula is C18H20ClF3N2O. The molecule has 1 amide bonds. The van der Waals surface area contributed by atoms with Crippen LogP contribution in [0.2, 0.25) is 0 Å². The normalized spacial score (nSPS) is 12.2. The molecule has 0 aromatic heterocycles. The van der Waals surface area contributed by atoms with Crippen molar-refractivity contribution in [2.45, 2.75) is 25.6 Å². The van der Waals surface area contributed by atoms with Crippen molar-refractivity contribution in [3.63, 3.8) is 0 Å². The maximum absolute atomic E-state index is 12.7. The number of nitrogens with one attached hydrogen (secondary N) is 1. The molecular weight excluding hydrogens is 353 g/mol. The number of hydrogen-bond acceptors (Lipinski definition) is 2. The summed E-state index contributed by atoms with van der Waals surface area (Å²) in [5.41, 5.74) is 6.49. The first-order valence-corrected chi connectivity index (χ1v) is 7.59. The quantitative estimate of drug-likeness (QED) is 0.823. The molecule has 0 saturated heterocycles. The van der Waals surface area contributed by atoms with Crippen molar-refractivity contribution in [2.75, 3.05) is 6.54 Å². The van der Waals surface area contributed by atoms with Crippen LogP contribution in [0.3, 0.4) is 0 Å². The highest BCUT2D eigenvalue weighted by atomic mass is 35.5. The lowest BCUT2D eigenvalue weighted by Crippen LogP contribution is -2.29. The summed E-state index contributed by atoms with van der Waals surface area (Å²) in [6.45, 7) is 2.29. The van der Waals surface area contributed by atoms with Gasteiger partial charge in [-0.1, -0.05) is 30.3 Å². The second kappa shape index (κ2) is 8.87. The molecule has 2 rings (SSSR count). The Balaban J connectivity index is 0.00000312. The Morgan fingerprint density at radius 2 is 1.72 bits per heavy atom. The second-order valence-electron chi connectivity index (χ2n) is 5.64. The van der Waals surface area contributed by atoms with Gasteiger partial charge in [-0.2, -0.15) is 13.2 Å². The molecule has 25 heavy (non-hydrogen) atoms. The average Bonchev–Trinajstić information content (AvgIpc) is 2.54. The standard InChI is InChI=1S/C18H19F3N2O.ClH/c1-12(22)10-11-23-17(24)16-5-3-2-4-15(16)13-6-8-14(9-7-13)18(19,20)21;/h2-9,12H,10-11,22H2,1H3,(H,23,24);1H. The summed E-state index contributed by atoms with van der Waals surface area (Å²) in [7, 11) is 0. The van der Waals surface area contributed by atoms with Gasteiger partial charge in [-0.15, -0.1) is 12.4 Å². The molecule has 7 heteroatoms. The van der Waals surface area contributed by atoms with E-state index in [0.717, 1.165) is 12.1 Å². The number of carbonyl (C=O) groups is 1. The Kier molecular flexibility index (Phi) is 7.45. The van der Waals surface area contributed by atoms with E-state index in [1.54, 1.807) is 24.3 Å². The smallest absolute Gasteiger partial charge is 0.352 e. The maximum atomic E-state index is 12.7. The minimum absolute atomic E-state index is 0. The third-order valence-corrected chi connectivity index (χ3v) is 3.58. The van der Waals surface area contributed by atoms with Gasteiger partial charge in [0.05, 0.1) is 5.56 Å². The highest BCUT2D eigenvalue weighted by Crippen LogP contribution is 2.31. The molecule has 0 aliphatic carbocycles. The van der Waals surface area contributed by atoms with Gasteiger partial charge in [0.2, 0.25) is 0 Å². The van der Waals surface area contributed by atoms with Gasteiger partial charge in [0.15, 0.2) is 0 Å². The minimum Gasteiger partial charge on any atom is -0.352 e. The zero-order valence-corrected chi connectivity index (χ0v) is 14.5. The van der Waals surface area contributed by atoms with E-state index >= 15 is 0 Å². The lowest BCUT2D eigenvalue weighted by atomic mass is 9.98. The number of benzene rings is 2. The molecule has 1 atom stereocenters. The molecule has 3 nitrogen and oxygen atoms in total. The van der Waals surface area contributed by atoms with Crippen LogP contribution in [0, 0.1) is 0 Å². The van der Waals surface area contributed by atoms with Crippen molar-refractivity contribution < 1.29 is 18.0 Å². The van der Waals surface area contributed by atoms with Crippen molar-refractivity contribution in [2.24, 2.45) is 5.73 Å². The van der Waals surface area contributed by atoms with Crippen LogP contribution in [0.1, 0.15) is 29.3 Å². The third kappa shape index (κ3) is 5.76. The van der Waals surface area contributed by atoms with Crippen molar-refractivity contribution >= 4 is 18.3 Å². The number of alkyl halides is 3. The molecule has 0 bridgehead atoms. The van der Waals surface area contributed by atoms with Crippen LogP contribution in [0.25, 0.3) is 11.1 Å². The lowest BCUT2D eigenvalue weighted by molar-refractivity contribution is -0.137. The molecule has 0 radical (unpaired) electrons. The summed E-state index contributed by atoms with van der Waals surface area (Å²) in [5.74, 6) is -0.272. The zero-order chi connectivity index (χ0) is 17.7. The topological polar surface area (TPSA) is 55.1 Å². The molecule has 0 aliphatic heterocycles. The molecule has 0 spiro atoms. The van der Waals surface area contributed by atoms with Gasteiger partial charge in [0.25, 0.3) is 5.91 Å². The molecule has 2 aromatic carbocycles. The second-order valence-corrected chi connectivity index (χ2v) is 5.64. The number of hydrogen-bond donors (Lipinski definition) is 2. The molecule has 0 aliphatic rings. The van der Waals surface area contributed by atoms with Gasteiger partial charge < -0.3 is 11.1 Å². The Labute approximate surface area is 150 Å². The van der Waals surface area contributed by atoms with E-state index in [2.05, 4.69) is 5.32 Å². The van der Waals surface area contributed by atoms with Crippen molar-refractivity contribution in [1.29, 1.82) is 0 Å². The van der Waals surface area contributed by atoms with Gasteiger partial charge >= 0.3 is 6.18 Å². The highest BCUT2D eigenvalue weighted by molar-refractivity contribution is 6.00. The fourth-order valence-electron chi connectivity index (χ4n) is 2.28. The molecule has 2 aromatic rings. The fraction of sp³-hybridized carbons (Fsp3) is 0.278. The average molecular weight is 373 g/mol. The molecule has 1 unspecified atom stereocenters. The lowest BCUT2D eigenvalue weighted by Gasteiger charge is -2.12. The van der Waals surface area contributed by atoms with Gasteiger partial charge in [-0.3, -0.25) is 4.79 Å². The van der Waals surface area contributed by atoms with Crippen LogP contribution < -0.4 is 11.1 Å². The predicted molar refractivity (Wildman–Crippen MR) is 94.7 cm³/mol. The van der Waals surface area contributed by atoms with Crippen LogP contribution in [0.15, 0.2) is 48.5 Å². The largest absolute Gasteiger partial charge is 0.416 e. The molecule has 3 N–H and O–H groups in total. The molecule has 136 valence electrons. The number of carbonyl (C=O) groups excluding carboxylic acids is 1. The Morgan fingerprint density at radius 3 is 2.28 bits per heavy atom. The Morgan fingerprint density at radius 1 is 1.12 bits per heavy atom. The van der Waals surface area contributed by atoms with E-state index in [-0.39, 0.29) is 24.4 Å². The predicted octanol–water partition coefficient (Wildman–Crippen LogP) is 4.26. The number of amides is 1. The van der Waals surface area contributed by atoms with E-state index in [0.29, 0.717) is 29.7 Å². The zero-order valence-electron chi connectivity index (χ0n) is 13.6. The Bertz CT molecular complexity index is 700. The van der Waals surface area contributed by atoms with Crippen LogP contribution in [-0.2, 0) is 6.18 Å². The number of nitrogens with two attached hydrogens (primary N) is 1. The maximum Gasteiger partial charge on any atom is 0.416 e. The van der Waals surface area contributed by atoms with Gasteiger partial charge in [-0.05, 0) is 42.7 Å². The summed E-state index contributed by atoms with van der Waals surface area (Å²) >= 11 is 0. The molecule has 0 saturated carbocycles. The SMILES string of the molecule is CC(N)CCNC(=O)c1ccccc1-c1ccc(C(F)(F)F)cc1.Cl. The van der Waals surface area contributed by atoms with Crippen LogP contribution in [0.5, 0.6) is 0 Å². The Hall–Kier alpha value is -2.05. The van der Waals surface area contributed by atoms with Crippen molar-refractivity contribution in [3.8, 4) is 11.1 Å². The number of halogens is 4. The highest BCUT2D eigenvalue weighted by Gasteiger charge is 2.30. The van der Waals surface area contributed by atoms with E-state index in [1.807, 2.05) is 6.92 Å². The minimum atomic E-state index is -4.38. The third-order valence-electron chi connectivity index (χ3n) is 3.58. The van der Waals surface area contributed by atoms with E-state index < -0.39 is 11.7 Å². The molecule has 0 fully saturated rings. The summed E-state index contributed by atoms with van der Waals surface area (Å²) in [6.07, 6.45) is -3.73. The van der Waals surface area contributed by atoms with Crippen LogP contribution >= 0.6 is 12.4 Å². The first kappa shape index (κ1) is 21.0. The number of rotatable bonds is 5. The van der Waals surface area contributed by atoms with E-state index in [9.17, 15) is 18.0 Å². The van der Waals surface area contributed by atoms with Crippen LogP contribution in [-0.4, -0.2) is 18.5 Å². The van der Waals surface area contributed by atoms with Gasteiger partial charge in [0, 0.05) is 18.2 Å². The summed E-state index contributed by atoms with van der Waals surface area (Å²) in [6, 6.07) is 11.6. The fourth-order valence-corrected chi connectivity index (χ4v) is 2.28. The van der Waals surface area contributed by atoms with Gasteiger partial charge in [-0.25, -0.2) is 0 Å². The monoisotopic (exact) mass is 372 g/mol. The van der Waals surface area contributed by atoms with Crippen LogP contribution in [0.4, 0.5) is 13.2 Å². The van der Waals surface area contributed by atoms with E-state index in [4.69, 9.17) is 5.73 Å².